The van der Waals surface area contributed by atoms with Crippen LogP contribution in [0.15, 0.2) is 15.9 Å². The molecule has 0 aliphatic carbocycles. The van der Waals surface area contributed by atoms with Gasteiger partial charge in [0.25, 0.3) is 5.56 Å². The Hall–Kier alpha value is -1.56. The van der Waals surface area contributed by atoms with Gasteiger partial charge in [0.15, 0.2) is 11.7 Å². The van der Waals surface area contributed by atoms with Crippen LogP contribution < -0.4 is 11.2 Å². The monoisotopic (exact) mass is 526 g/mol. The SMILES string of the molecule is [3H]c1nc2c(=O)[nH]c(=O)[nH]c2n1[C@@H]1O[C@H](COP(=O)(O)OP(=O)(O)OP(=O)(O)O)[C@@H](O)[C@H]1O. The zero-order chi connectivity index (χ0) is 24.9. The molecule has 0 saturated carbocycles. The zero-order valence-corrected chi connectivity index (χ0v) is 17.8. The summed E-state index contributed by atoms with van der Waals surface area (Å²) < 4.78 is 59.0. The van der Waals surface area contributed by atoms with E-state index in [4.69, 9.17) is 20.8 Å². The Labute approximate surface area is 176 Å². The molecule has 0 radical (unpaired) electrons. The van der Waals surface area contributed by atoms with Gasteiger partial charge in [0.05, 0.1) is 12.9 Å². The Morgan fingerprint density at radius 3 is 2.38 bits per heavy atom. The first-order valence-corrected chi connectivity index (χ1v) is 12.5. The fourth-order valence-corrected chi connectivity index (χ4v) is 5.66. The van der Waals surface area contributed by atoms with Crippen LogP contribution in [0.5, 0.6) is 0 Å². The highest BCUT2D eigenvalue weighted by Crippen LogP contribution is 2.66. The van der Waals surface area contributed by atoms with Gasteiger partial charge < -0.3 is 34.5 Å². The van der Waals surface area contributed by atoms with E-state index in [0.717, 1.165) is 4.57 Å². The number of aliphatic hydroxyl groups excluding tert-OH is 2. The summed E-state index contributed by atoms with van der Waals surface area (Å²) in [6, 6.07) is 0. The number of imidazole rings is 1. The third kappa shape index (κ3) is 5.67. The van der Waals surface area contributed by atoms with Gasteiger partial charge in [-0.25, -0.2) is 23.5 Å². The number of aliphatic hydroxyl groups is 2. The third-order valence-corrected chi connectivity index (χ3v) is 7.62. The second kappa shape index (κ2) is 8.66. The van der Waals surface area contributed by atoms with Crippen LogP contribution in [-0.4, -0.2) is 74.2 Å². The lowest BCUT2D eigenvalue weighted by Crippen LogP contribution is -2.33. The summed E-state index contributed by atoms with van der Waals surface area (Å²) >= 11 is 0. The topological polar surface area (TPSA) is 293 Å². The second-order valence-electron chi connectivity index (χ2n) is 6.12. The minimum absolute atomic E-state index is 0.349. The Bertz CT molecular complexity index is 1320. The van der Waals surface area contributed by atoms with Crippen molar-refractivity contribution in [1.29, 1.82) is 0 Å². The highest BCUT2D eigenvalue weighted by Gasteiger charge is 2.46. The highest BCUT2D eigenvalue weighted by atomic mass is 31.3. The molecular weight excluding hydrogens is 509 g/mol. The minimum Gasteiger partial charge on any atom is -0.387 e. The molecule has 1 saturated heterocycles. The van der Waals surface area contributed by atoms with Crippen molar-refractivity contribution in [3.05, 3.63) is 27.1 Å². The van der Waals surface area contributed by atoms with E-state index in [1.165, 1.54) is 0 Å². The number of aromatic amines is 2. The molecule has 0 aromatic carbocycles. The Balaban J connectivity index is 1.78. The van der Waals surface area contributed by atoms with Gasteiger partial charge >= 0.3 is 29.2 Å². The van der Waals surface area contributed by atoms with Gasteiger partial charge in [-0.1, -0.05) is 0 Å². The fourth-order valence-electron chi connectivity index (χ4n) is 2.63. The molecule has 32 heavy (non-hydrogen) atoms. The van der Waals surface area contributed by atoms with Gasteiger partial charge in [-0.15, -0.1) is 0 Å². The number of H-pyrrole nitrogens is 2. The van der Waals surface area contributed by atoms with Crippen LogP contribution in [0.4, 0.5) is 0 Å². The molecular formula is C10H15N4O15P3. The van der Waals surface area contributed by atoms with Gasteiger partial charge in [0, 0.05) is 0 Å². The lowest BCUT2D eigenvalue weighted by molar-refractivity contribution is -0.0503. The molecule has 22 heteroatoms. The first-order chi connectivity index (χ1) is 15.0. The summed E-state index contributed by atoms with van der Waals surface area (Å²) in [6.45, 7) is -1.10. The number of hydrogen-bond acceptors (Lipinski definition) is 12. The summed E-state index contributed by atoms with van der Waals surface area (Å²) in [4.78, 5) is 66.6. The molecule has 3 rings (SSSR count). The largest absolute Gasteiger partial charge is 0.490 e. The molecule has 1 fully saturated rings. The smallest absolute Gasteiger partial charge is 0.387 e. The van der Waals surface area contributed by atoms with Crippen LogP contribution in [0.2, 0.25) is 0 Å². The zero-order valence-electron chi connectivity index (χ0n) is 16.1. The van der Waals surface area contributed by atoms with E-state index in [-0.39, 0.29) is 5.65 Å². The van der Waals surface area contributed by atoms with Gasteiger partial charge in [-0.05, 0) is 0 Å². The van der Waals surface area contributed by atoms with Crippen molar-refractivity contribution in [2.24, 2.45) is 0 Å². The molecule has 0 amide bonds. The van der Waals surface area contributed by atoms with E-state index in [1.807, 2.05) is 4.98 Å². The van der Waals surface area contributed by atoms with Crippen LogP contribution >= 0.6 is 23.5 Å². The number of phosphoric ester groups is 1. The molecule has 1 aliphatic rings. The normalized spacial score (nSPS) is 28.4. The van der Waals surface area contributed by atoms with Crippen molar-refractivity contribution < 1.29 is 62.7 Å². The number of nitrogens with zero attached hydrogens (tertiary/aromatic N) is 2. The maximum absolute atomic E-state index is 11.8. The summed E-state index contributed by atoms with van der Waals surface area (Å²) in [5.41, 5.74) is -2.69. The molecule has 8 N–H and O–H groups in total. The van der Waals surface area contributed by atoms with Crippen LogP contribution in [-0.2, 0) is 31.6 Å². The first kappa shape index (κ1) is 23.6. The Kier molecular flexibility index (Phi) is 6.38. The van der Waals surface area contributed by atoms with Crippen molar-refractivity contribution in [3.63, 3.8) is 0 Å². The maximum atomic E-state index is 11.8. The average molecular weight is 526 g/mol. The number of rotatable bonds is 8. The van der Waals surface area contributed by atoms with Crippen LogP contribution in [0.3, 0.4) is 0 Å². The lowest BCUT2D eigenvalue weighted by Gasteiger charge is -2.19. The molecule has 2 aromatic heterocycles. The van der Waals surface area contributed by atoms with Gasteiger partial charge in [0.2, 0.25) is 0 Å². The lowest BCUT2D eigenvalue weighted by atomic mass is 10.1. The van der Waals surface area contributed by atoms with E-state index in [1.54, 1.807) is 0 Å². The minimum atomic E-state index is -5.78. The highest BCUT2D eigenvalue weighted by molar-refractivity contribution is 7.66. The predicted molar refractivity (Wildman–Crippen MR) is 96.7 cm³/mol. The number of phosphoric acid groups is 3. The average Bonchev–Trinajstić information content (AvgIpc) is 3.07. The molecule has 0 bridgehead atoms. The predicted octanol–water partition coefficient (Wildman–Crippen LogP) is -2.62. The molecule has 19 nitrogen and oxygen atoms in total. The van der Waals surface area contributed by atoms with E-state index >= 15 is 0 Å². The van der Waals surface area contributed by atoms with Crippen LogP contribution in [0.25, 0.3) is 11.2 Å². The maximum Gasteiger partial charge on any atom is 0.490 e. The molecule has 0 spiro atoms. The molecule has 6 atom stereocenters. The van der Waals surface area contributed by atoms with Crippen molar-refractivity contribution >= 4 is 34.6 Å². The molecule has 2 aromatic rings. The number of aromatic nitrogens is 4. The Morgan fingerprint density at radius 1 is 1.09 bits per heavy atom. The quantitative estimate of drug-likeness (QED) is 0.163. The second-order valence-corrected chi connectivity index (χ2v) is 10.5. The van der Waals surface area contributed by atoms with Crippen molar-refractivity contribution in [1.82, 2.24) is 19.5 Å². The van der Waals surface area contributed by atoms with E-state index in [0.29, 0.717) is 0 Å². The number of nitrogens with one attached hydrogen (secondary N) is 2. The summed E-state index contributed by atoms with van der Waals surface area (Å²) in [6.07, 6.45) is -7.72. The summed E-state index contributed by atoms with van der Waals surface area (Å²) in [5, 5.41) is 20.4. The van der Waals surface area contributed by atoms with Gasteiger partial charge in [-0.3, -0.25) is 23.9 Å². The van der Waals surface area contributed by atoms with Crippen molar-refractivity contribution in [2.75, 3.05) is 6.61 Å². The van der Waals surface area contributed by atoms with E-state index in [2.05, 4.69) is 23.1 Å². The summed E-state index contributed by atoms with van der Waals surface area (Å²) in [7, 11) is -16.9. The molecule has 180 valence electrons. The number of hydrogen-bond donors (Lipinski definition) is 8. The van der Waals surface area contributed by atoms with E-state index < -0.39 is 77.7 Å². The van der Waals surface area contributed by atoms with Crippen molar-refractivity contribution in [3.8, 4) is 0 Å². The van der Waals surface area contributed by atoms with Gasteiger partial charge in [0.1, 0.15) is 25.3 Å². The number of fused-ring (bicyclic) bond motifs is 1. The van der Waals surface area contributed by atoms with E-state index in [9.17, 15) is 38.4 Å². The number of ether oxygens (including phenoxy) is 1. The molecule has 2 unspecified atom stereocenters. The first-order valence-electron chi connectivity index (χ1n) is 8.51. The van der Waals surface area contributed by atoms with Crippen molar-refractivity contribution in [2.45, 2.75) is 24.5 Å². The fraction of sp³-hybridized carbons (Fsp3) is 0.500. The summed E-state index contributed by atoms with van der Waals surface area (Å²) in [5.74, 6) is 0. The van der Waals surface area contributed by atoms with Crippen LogP contribution in [0, 0.1) is 0 Å². The Morgan fingerprint density at radius 2 is 1.75 bits per heavy atom. The third-order valence-electron chi connectivity index (χ3n) is 3.82. The molecule has 3 heterocycles. The standard InChI is InChI=1S/C10H15N4O15P3/c15-5-3(1-26-31(22,23)29-32(24,25)28-30(19,20)21)27-9(6(5)16)14-2-11-4-7(14)12-10(18)13-8(4)17/h2-3,5-6,9,15-16H,1H2,(H,22,23)(H,24,25)(H2,19,20,21)(H2,12,13,17,18)/t3-,5-,6-,9-/m1/s1/i2T. The van der Waals surface area contributed by atoms with Gasteiger partial charge in [-0.2, -0.15) is 8.62 Å². The molecule has 1 aliphatic heterocycles. The van der Waals surface area contributed by atoms with Crippen LogP contribution in [0.1, 0.15) is 7.60 Å².